The van der Waals surface area contributed by atoms with E-state index in [2.05, 4.69) is 35.1 Å². The van der Waals surface area contributed by atoms with Crippen molar-refractivity contribution in [1.82, 2.24) is 5.32 Å². The number of esters is 1. The molecule has 0 unspecified atom stereocenters. The summed E-state index contributed by atoms with van der Waals surface area (Å²) in [5, 5.41) is 2.96. The lowest BCUT2D eigenvalue weighted by molar-refractivity contribution is -0.125. The van der Waals surface area contributed by atoms with Crippen LogP contribution < -0.4 is 5.32 Å². The first-order valence-electron chi connectivity index (χ1n) is 8.23. The molecule has 2 aromatic carbocycles. The molecule has 1 atom stereocenters. The van der Waals surface area contributed by atoms with Crippen LogP contribution in [0, 0.1) is 5.92 Å². The van der Waals surface area contributed by atoms with Crippen molar-refractivity contribution >= 4 is 27.8 Å². The molecule has 0 aliphatic heterocycles. The average molecular weight is 404 g/mol. The topological polar surface area (TPSA) is 55.4 Å². The molecule has 0 aliphatic carbocycles. The number of halogens is 1. The highest BCUT2D eigenvalue weighted by Gasteiger charge is 2.18. The van der Waals surface area contributed by atoms with Gasteiger partial charge >= 0.3 is 5.97 Å². The molecular weight excluding hydrogens is 382 g/mol. The number of ether oxygens (including phenoxy) is 1. The van der Waals surface area contributed by atoms with Crippen LogP contribution in [0.15, 0.2) is 59.1 Å². The van der Waals surface area contributed by atoms with Crippen LogP contribution in [-0.4, -0.2) is 18.5 Å². The third-order valence-electron chi connectivity index (χ3n) is 3.67. The highest BCUT2D eigenvalue weighted by atomic mass is 79.9. The van der Waals surface area contributed by atoms with Gasteiger partial charge in [-0.1, -0.05) is 56.3 Å². The first kappa shape index (κ1) is 19.2. The van der Waals surface area contributed by atoms with E-state index >= 15 is 0 Å². The Morgan fingerprint density at radius 2 is 1.68 bits per heavy atom. The van der Waals surface area contributed by atoms with Gasteiger partial charge in [0.05, 0.1) is 11.6 Å². The van der Waals surface area contributed by atoms with Crippen LogP contribution in [0.25, 0.3) is 0 Å². The molecule has 2 aromatic rings. The van der Waals surface area contributed by atoms with Crippen molar-refractivity contribution in [1.29, 1.82) is 0 Å². The van der Waals surface area contributed by atoms with Gasteiger partial charge in [-0.2, -0.15) is 0 Å². The van der Waals surface area contributed by atoms with Crippen LogP contribution >= 0.6 is 15.9 Å². The molecule has 4 nitrogen and oxygen atoms in total. The fourth-order valence-electron chi connectivity index (χ4n) is 2.51. The molecule has 2 rings (SSSR count). The number of carbonyl (C=O) groups excluding carboxylic acids is 2. The highest BCUT2D eigenvalue weighted by molar-refractivity contribution is 9.10. The first-order valence-corrected chi connectivity index (χ1v) is 9.02. The lowest BCUT2D eigenvalue weighted by atomic mass is 9.97. The van der Waals surface area contributed by atoms with E-state index in [1.54, 1.807) is 18.2 Å². The summed E-state index contributed by atoms with van der Waals surface area (Å²) in [5.41, 5.74) is 1.44. The van der Waals surface area contributed by atoms with Crippen molar-refractivity contribution in [3.8, 4) is 0 Å². The van der Waals surface area contributed by atoms with Gasteiger partial charge in [-0.05, 0) is 46.0 Å². The molecule has 0 saturated carbocycles. The monoisotopic (exact) mass is 403 g/mol. The zero-order valence-electron chi connectivity index (χ0n) is 14.4. The number of hydrogen-bond donors (Lipinski definition) is 1. The number of carbonyl (C=O) groups is 2. The van der Waals surface area contributed by atoms with E-state index < -0.39 is 5.97 Å². The van der Waals surface area contributed by atoms with Gasteiger partial charge in [-0.3, -0.25) is 4.79 Å². The minimum Gasteiger partial charge on any atom is -0.452 e. The van der Waals surface area contributed by atoms with Gasteiger partial charge in [0.2, 0.25) is 0 Å². The van der Waals surface area contributed by atoms with Gasteiger partial charge in [0.15, 0.2) is 6.61 Å². The van der Waals surface area contributed by atoms with E-state index in [1.165, 1.54) is 0 Å². The molecule has 0 saturated heterocycles. The maximum absolute atomic E-state index is 12.2. The van der Waals surface area contributed by atoms with E-state index in [1.807, 2.05) is 36.4 Å². The lowest BCUT2D eigenvalue weighted by Crippen LogP contribution is -2.33. The van der Waals surface area contributed by atoms with Crippen LogP contribution in [0.3, 0.4) is 0 Å². The smallest absolute Gasteiger partial charge is 0.339 e. The quantitative estimate of drug-likeness (QED) is 0.691. The summed E-state index contributed by atoms with van der Waals surface area (Å²) in [6.07, 6.45) is 0.813. The third kappa shape index (κ3) is 6.02. The summed E-state index contributed by atoms with van der Waals surface area (Å²) in [6, 6.07) is 16.7. The van der Waals surface area contributed by atoms with Crippen molar-refractivity contribution in [2.75, 3.05) is 6.61 Å². The number of hydrogen-bond acceptors (Lipinski definition) is 3. The van der Waals surface area contributed by atoms with Crippen LogP contribution in [0.1, 0.15) is 42.2 Å². The van der Waals surface area contributed by atoms with E-state index in [0.717, 1.165) is 12.0 Å². The molecule has 0 aliphatic rings. The predicted octanol–water partition coefficient (Wildman–Crippen LogP) is 4.51. The Morgan fingerprint density at radius 3 is 2.32 bits per heavy atom. The Hall–Kier alpha value is -2.14. The summed E-state index contributed by atoms with van der Waals surface area (Å²) in [7, 11) is 0. The minimum atomic E-state index is -0.525. The number of benzene rings is 2. The number of rotatable bonds is 7. The maximum atomic E-state index is 12.2. The zero-order valence-corrected chi connectivity index (χ0v) is 16.0. The molecule has 1 amide bonds. The summed E-state index contributed by atoms with van der Waals surface area (Å²) < 4.78 is 5.77. The molecule has 25 heavy (non-hydrogen) atoms. The predicted molar refractivity (Wildman–Crippen MR) is 101 cm³/mol. The molecule has 132 valence electrons. The Morgan fingerprint density at radius 1 is 1.04 bits per heavy atom. The van der Waals surface area contributed by atoms with E-state index in [0.29, 0.717) is 16.0 Å². The molecular formula is C20H22BrNO3. The molecule has 0 fully saturated rings. The van der Waals surface area contributed by atoms with E-state index in [4.69, 9.17) is 4.74 Å². The summed E-state index contributed by atoms with van der Waals surface area (Å²) in [4.78, 5) is 24.3. The minimum absolute atomic E-state index is 0.101. The van der Waals surface area contributed by atoms with Crippen LogP contribution in [0.5, 0.6) is 0 Å². The summed E-state index contributed by atoms with van der Waals surface area (Å²) in [5.74, 6) is -0.411. The van der Waals surface area contributed by atoms with Crippen molar-refractivity contribution in [3.63, 3.8) is 0 Å². The molecule has 0 aromatic heterocycles. The van der Waals surface area contributed by atoms with Crippen LogP contribution in [0.4, 0.5) is 0 Å². The molecule has 0 heterocycles. The Balaban J connectivity index is 1.95. The van der Waals surface area contributed by atoms with Gasteiger partial charge in [-0.25, -0.2) is 4.79 Å². The van der Waals surface area contributed by atoms with Crippen molar-refractivity contribution < 1.29 is 14.3 Å². The van der Waals surface area contributed by atoms with Crippen molar-refractivity contribution in [2.24, 2.45) is 5.92 Å². The molecule has 0 spiro atoms. The average Bonchev–Trinajstić information content (AvgIpc) is 2.60. The Bertz CT molecular complexity index is 716. The molecule has 0 radical (unpaired) electrons. The number of amides is 1. The molecule has 1 N–H and O–H groups in total. The maximum Gasteiger partial charge on any atom is 0.339 e. The normalized spacial score (nSPS) is 11.8. The SMILES string of the molecule is CC(C)C[C@@H](NC(=O)COC(=O)c1ccccc1Br)c1ccccc1. The molecule has 5 heteroatoms. The standard InChI is InChI=1S/C20H22BrNO3/c1-14(2)12-18(15-8-4-3-5-9-15)22-19(23)13-25-20(24)16-10-6-7-11-17(16)21/h3-11,14,18H,12-13H2,1-2H3,(H,22,23)/t18-/m1/s1. The summed E-state index contributed by atoms with van der Waals surface area (Å²) in [6.45, 7) is 3.91. The third-order valence-corrected chi connectivity index (χ3v) is 4.36. The van der Waals surface area contributed by atoms with E-state index in [9.17, 15) is 9.59 Å². The van der Waals surface area contributed by atoms with Gasteiger partial charge in [0, 0.05) is 4.47 Å². The molecule has 0 bridgehead atoms. The number of nitrogens with one attached hydrogen (secondary N) is 1. The van der Waals surface area contributed by atoms with E-state index in [-0.39, 0.29) is 18.6 Å². The van der Waals surface area contributed by atoms with Gasteiger partial charge in [-0.15, -0.1) is 0 Å². The van der Waals surface area contributed by atoms with Gasteiger partial charge in [0.1, 0.15) is 0 Å². The van der Waals surface area contributed by atoms with Crippen molar-refractivity contribution in [3.05, 3.63) is 70.2 Å². The lowest BCUT2D eigenvalue weighted by Gasteiger charge is -2.21. The van der Waals surface area contributed by atoms with Gasteiger partial charge < -0.3 is 10.1 Å². The second kappa shape index (κ2) is 9.37. The zero-order chi connectivity index (χ0) is 18.2. The van der Waals surface area contributed by atoms with Crippen LogP contribution in [-0.2, 0) is 9.53 Å². The fraction of sp³-hybridized carbons (Fsp3) is 0.300. The second-order valence-electron chi connectivity index (χ2n) is 6.22. The first-order chi connectivity index (χ1) is 12.0. The largest absolute Gasteiger partial charge is 0.452 e. The fourth-order valence-corrected chi connectivity index (χ4v) is 2.95. The Kier molecular flexibility index (Phi) is 7.19. The van der Waals surface area contributed by atoms with Gasteiger partial charge in [0.25, 0.3) is 5.91 Å². The van der Waals surface area contributed by atoms with Crippen LogP contribution in [0.2, 0.25) is 0 Å². The van der Waals surface area contributed by atoms with Crippen molar-refractivity contribution in [2.45, 2.75) is 26.3 Å². The highest BCUT2D eigenvalue weighted by Crippen LogP contribution is 2.21. The second-order valence-corrected chi connectivity index (χ2v) is 7.07. The Labute approximate surface area is 156 Å². The summed E-state index contributed by atoms with van der Waals surface area (Å²) >= 11 is 3.30.